The maximum atomic E-state index is 2.64. The van der Waals surface area contributed by atoms with Crippen LogP contribution in [0.15, 0.2) is 42.5 Å². The highest BCUT2D eigenvalue weighted by Crippen LogP contribution is 2.28. The molecule has 3 rings (SSSR count). The van der Waals surface area contributed by atoms with Crippen molar-refractivity contribution in [1.29, 1.82) is 0 Å². The zero-order valence-corrected chi connectivity index (χ0v) is 11.3. The number of hydrogen-bond acceptors (Lipinski definition) is 1. The first-order chi connectivity index (χ1) is 8.75. The van der Waals surface area contributed by atoms with Gasteiger partial charge in [-0.2, -0.15) is 0 Å². The topological polar surface area (TPSA) is 3.24 Å². The lowest BCUT2D eigenvalue weighted by Gasteiger charge is -2.26. The van der Waals surface area contributed by atoms with Gasteiger partial charge in [0.2, 0.25) is 0 Å². The summed E-state index contributed by atoms with van der Waals surface area (Å²) in [5.41, 5.74) is 1.47. The maximum Gasteiger partial charge on any atom is 0.0245 e. The zero-order valence-electron chi connectivity index (χ0n) is 11.3. The van der Waals surface area contributed by atoms with Gasteiger partial charge in [-0.1, -0.05) is 42.5 Å². The molecule has 2 atom stereocenters. The predicted octanol–water partition coefficient (Wildman–Crippen LogP) is 4.21. The van der Waals surface area contributed by atoms with Crippen molar-refractivity contribution in [2.45, 2.75) is 45.3 Å². The molecule has 2 unspecified atom stereocenters. The third-order valence-corrected chi connectivity index (χ3v) is 4.37. The van der Waals surface area contributed by atoms with E-state index < -0.39 is 0 Å². The summed E-state index contributed by atoms with van der Waals surface area (Å²) in [6.07, 6.45) is 2.68. The van der Waals surface area contributed by atoms with Gasteiger partial charge in [0.1, 0.15) is 0 Å². The number of benzene rings is 2. The third-order valence-electron chi connectivity index (χ3n) is 4.37. The molecule has 2 aromatic rings. The second-order valence-corrected chi connectivity index (χ2v) is 5.59. The second-order valence-electron chi connectivity index (χ2n) is 5.59. The molecule has 1 saturated heterocycles. The van der Waals surface area contributed by atoms with Gasteiger partial charge in [0.15, 0.2) is 0 Å². The fraction of sp³-hybridized carbons (Fsp3) is 0.412. The molecule has 18 heavy (non-hydrogen) atoms. The van der Waals surface area contributed by atoms with Crippen molar-refractivity contribution in [1.82, 2.24) is 4.90 Å². The predicted molar refractivity (Wildman–Crippen MR) is 77.6 cm³/mol. The van der Waals surface area contributed by atoms with E-state index in [0.29, 0.717) is 0 Å². The fourth-order valence-corrected chi connectivity index (χ4v) is 3.19. The van der Waals surface area contributed by atoms with E-state index in [9.17, 15) is 0 Å². The third kappa shape index (κ3) is 2.04. The molecule has 1 aliphatic heterocycles. The fourth-order valence-electron chi connectivity index (χ4n) is 3.19. The van der Waals surface area contributed by atoms with E-state index >= 15 is 0 Å². The van der Waals surface area contributed by atoms with Gasteiger partial charge in [-0.15, -0.1) is 0 Å². The zero-order chi connectivity index (χ0) is 12.5. The molecule has 0 amide bonds. The van der Waals surface area contributed by atoms with Crippen molar-refractivity contribution in [2.24, 2.45) is 0 Å². The molecule has 1 heterocycles. The first-order valence-corrected chi connectivity index (χ1v) is 6.98. The monoisotopic (exact) mass is 239 g/mol. The Labute approximate surface area is 109 Å². The smallest absolute Gasteiger partial charge is 0.0245 e. The number of fused-ring (bicyclic) bond motifs is 1. The highest BCUT2D eigenvalue weighted by molar-refractivity contribution is 5.85. The van der Waals surface area contributed by atoms with Crippen LogP contribution in [0.1, 0.15) is 32.3 Å². The molecule has 2 aromatic carbocycles. The molecule has 1 nitrogen and oxygen atoms in total. The van der Waals surface area contributed by atoms with E-state index in [2.05, 4.69) is 61.2 Å². The number of nitrogens with zero attached hydrogens (tertiary/aromatic N) is 1. The van der Waals surface area contributed by atoms with Gasteiger partial charge in [0, 0.05) is 18.6 Å². The lowest BCUT2D eigenvalue weighted by atomic mass is 10.0. The molecule has 0 N–H and O–H groups in total. The van der Waals surface area contributed by atoms with Crippen LogP contribution < -0.4 is 0 Å². The minimum Gasteiger partial charge on any atom is -0.294 e. The molecular formula is C17H21N. The van der Waals surface area contributed by atoms with Gasteiger partial charge in [-0.25, -0.2) is 0 Å². The van der Waals surface area contributed by atoms with Gasteiger partial charge in [-0.05, 0) is 43.0 Å². The SMILES string of the molecule is CC1CCC(C)N1Cc1cccc2ccccc12. The normalized spacial score (nSPS) is 24.8. The maximum absolute atomic E-state index is 2.64. The Bertz CT molecular complexity index is 531. The van der Waals surface area contributed by atoms with E-state index in [0.717, 1.165) is 18.6 Å². The van der Waals surface area contributed by atoms with Crippen molar-refractivity contribution in [3.05, 3.63) is 48.0 Å². The molecule has 1 aliphatic rings. The van der Waals surface area contributed by atoms with Gasteiger partial charge in [-0.3, -0.25) is 4.90 Å². The molecule has 0 radical (unpaired) electrons. The van der Waals surface area contributed by atoms with E-state index in [1.807, 2.05) is 0 Å². The Kier molecular flexibility index (Phi) is 3.09. The summed E-state index contributed by atoms with van der Waals surface area (Å²) in [5.74, 6) is 0. The molecule has 1 fully saturated rings. The highest BCUT2D eigenvalue weighted by atomic mass is 15.2. The van der Waals surface area contributed by atoms with Gasteiger partial charge in [0.05, 0.1) is 0 Å². The van der Waals surface area contributed by atoms with Crippen LogP contribution in [0.2, 0.25) is 0 Å². The Morgan fingerprint density at radius 2 is 1.61 bits per heavy atom. The van der Waals surface area contributed by atoms with E-state index in [1.165, 1.54) is 29.2 Å². The van der Waals surface area contributed by atoms with Crippen LogP contribution in [0.5, 0.6) is 0 Å². The Hall–Kier alpha value is -1.34. The van der Waals surface area contributed by atoms with Crippen LogP contribution in [0, 0.1) is 0 Å². The van der Waals surface area contributed by atoms with Crippen LogP contribution in [-0.2, 0) is 6.54 Å². The van der Waals surface area contributed by atoms with Crippen molar-refractivity contribution in [3.63, 3.8) is 0 Å². The first-order valence-electron chi connectivity index (χ1n) is 6.98. The number of likely N-dealkylation sites (tertiary alicyclic amines) is 1. The van der Waals surface area contributed by atoms with Crippen LogP contribution in [0.25, 0.3) is 10.8 Å². The Balaban J connectivity index is 1.95. The molecular weight excluding hydrogens is 218 g/mol. The minimum absolute atomic E-state index is 0.721. The summed E-state index contributed by atoms with van der Waals surface area (Å²) >= 11 is 0. The summed E-state index contributed by atoms with van der Waals surface area (Å²) in [7, 11) is 0. The van der Waals surface area contributed by atoms with Crippen molar-refractivity contribution in [3.8, 4) is 0 Å². The average Bonchev–Trinajstić information content (AvgIpc) is 2.71. The molecule has 94 valence electrons. The van der Waals surface area contributed by atoms with E-state index in [1.54, 1.807) is 0 Å². The summed E-state index contributed by atoms with van der Waals surface area (Å²) in [5, 5.41) is 2.76. The number of rotatable bonds is 2. The second kappa shape index (κ2) is 4.74. The quantitative estimate of drug-likeness (QED) is 0.758. The summed E-state index contributed by atoms with van der Waals surface area (Å²) < 4.78 is 0. The van der Waals surface area contributed by atoms with E-state index in [-0.39, 0.29) is 0 Å². The Morgan fingerprint density at radius 1 is 0.944 bits per heavy atom. The minimum atomic E-state index is 0.721. The lowest BCUT2D eigenvalue weighted by Crippen LogP contribution is -2.32. The van der Waals surface area contributed by atoms with Gasteiger partial charge < -0.3 is 0 Å². The summed E-state index contributed by atoms with van der Waals surface area (Å²) in [6.45, 7) is 5.80. The van der Waals surface area contributed by atoms with Crippen LogP contribution in [-0.4, -0.2) is 17.0 Å². The van der Waals surface area contributed by atoms with Gasteiger partial charge >= 0.3 is 0 Å². The highest BCUT2D eigenvalue weighted by Gasteiger charge is 2.27. The van der Waals surface area contributed by atoms with Gasteiger partial charge in [0.25, 0.3) is 0 Å². The molecule has 0 saturated carbocycles. The van der Waals surface area contributed by atoms with Crippen LogP contribution >= 0.6 is 0 Å². The standard InChI is InChI=1S/C17H21N/c1-13-10-11-14(2)18(13)12-16-8-5-7-15-6-3-4-9-17(15)16/h3-9,13-14H,10-12H2,1-2H3. The molecule has 1 heteroatoms. The van der Waals surface area contributed by atoms with Crippen LogP contribution in [0.3, 0.4) is 0 Å². The molecule has 0 aliphatic carbocycles. The van der Waals surface area contributed by atoms with Crippen molar-refractivity contribution < 1.29 is 0 Å². The molecule has 0 aromatic heterocycles. The molecule has 0 bridgehead atoms. The number of hydrogen-bond donors (Lipinski definition) is 0. The van der Waals surface area contributed by atoms with Crippen molar-refractivity contribution in [2.75, 3.05) is 0 Å². The van der Waals surface area contributed by atoms with Crippen LogP contribution in [0.4, 0.5) is 0 Å². The van der Waals surface area contributed by atoms with E-state index in [4.69, 9.17) is 0 Å². The first kappa shape index (κ1) is 11.7. The summed E-state index contributed by atoms with van der Waals surface area (Å²) in [6, 6.07) is 16.8. The summed E-state index contributed by atoms with van der Waals surface area (Å²) in [4.78, 5) is 2.64. The average molecular weight is 239 g/mol. The Morgan fingerprint density at radius 3 is 2.39 bits per heavy atom. The van der Waals surface area contributed by atoms with Crippen molar-refractivity contribution >= 4 is 10.8 Å². The largest absolute Gasteiger partial charge is 0.294 e. The lowest BCUT2D eigenvalue weighted by molar-refractivity contribution is 0.206. The molecule has 0 spiro atoms.